The monoisotopic (exact) mass is 444 g/mol. The Labute approximate surface area is 194 Å². The lowest BCUT2D eigenvalue weighted by atomic mass is 10.0. The lowest BCUT2D eigenvalue weighted by molar-refractivity contribution is 0.217. The molecule has 0 aliphatic heterocycles. The van der Waals surface area contributed by atoms with Crippen molar-refractivity contribution < 1.29 is 0 Å². The van der Waals surface area contributed by atoms with Gasteiger partial charge >= 0.3 is 0 Å². The van der Waals surface area contributed by atoms with E-state index in [9.17, 15) is 4.79 Å². The van der Waals surface area contributed by atoms with Crippen LogP contribution in [0, 0.1) is 0 Å². The summed E-state index contributed by atoms with van der Waals surface area (Å²) in [6.45, 7) is 10.3. The van der Waals surface area contributed by atoms with E-state index >= 15 is 0 Å². The lowest BCUT2D eigenvalue weighted by Gasteiger charge is -2.27. The molecule has 0 amide bonds. The van der Waals surface area contributed by atoms with Crippen LogP contribution < -0.4 is 5.56 Å². The number of hydrogen-bond acceptors (Lipinski definition) is 5. The molecule has 4 aromatic rings. The van der Waals surface area contributed by atoms with E-state index in [2.05, 4.69) is 77.4 Å². The highest BCUT2D eigenvalue weighted by Crippen LogP contribution is 2.21. The van der Waals surface area contributed by atoms with Gasteiger partial charge in [-0.05, 0) is 71.8 Å². The molecule has 0 spiro atoms. The zero-order valence-corrected chi connectivity index (χ0v) is 19.9. The maximum Gasteiger partial charge on any atom is 0.252 e. The normalized spacial score (nSPS) is 12.0. The molecule has 0 fully saturated rings. The van der Waals surface area contributed by atoms with Gasteiger partial charge < -0.3 is 4.98 Å². The fraction of sp³-hybridized carbons (Fsp3) is 0.385. The van der Waals surface area contributed by atoms with E-state index in [-0.39, 0.29) is 11.1 Å². The minimum atomic E-state index is -0.186. The first-order chi connectivity index (χ1) is 15.9. The van der Waals surface area contributed by atoms with Crippen molar-refractivity contribution in [3.8, 4) is 0 Å². The number of pyridine rings is 1. The summed E-state index contributed by atoms with van der Waals surface area (Å²) in [4.78, 5) is 18.2. The van der Waals surface area contributed by atoms with Crippen molar-refractivity contribution in [3.05, 3.63) is 87.5 Å². The van der Waals surface area contributed by atoms with Crippen LogP contribution in [0.1, 0.15) is 56.6 Å². The van der Waals surface area contributed by atoms with Crippen LogP contribution in [0.2, 0.25) is 0 Å². The molecule has 0 unspecified atom stereocenters. The largest absolute Gasteiger partial charge is 0.322 e. The van der Waals surface area contributed by atoms with Gasteiger partial charge in [0.25, 0.3) is 5.56 Å². The van der Waals surface area contributed by atoms with Crippen molar-refractivity contribution in [1.82, 2.24) is 30.1 Å². The van der Waals surface area contributed by atoms with Gasteiger partial charge in [-0.2, -0.15) is 0 Å². The van der Waals surface area contributed by atoms with E-state index in [0.29, 0.717) is 19.6 Å². The van der Waals surface area contributed by atoms with Gasteiger partial charge in [-0.25, -0.2) is 4.68 Å². The summed E-state index contributed by atoms with van der Waals surface area (Å²) >= 11 is 0. The Balaban J connectivity index is 1.68. The smallest absolute Gasteiger partial charge is 0.252 e. The fourth-order valence-corrected chi connectivity index (χ4v) is 4.01. The summed E-state index contributed by atoms with van der Waals surface area (Å²) in [7, 11) is 0. The van der Waals surface area contributed by atoms with Crippen molar-refractivity contribution in [3.63, 3.8) is 0 Å². The number of aryl methyl sites for hydroxylation is 1. The second-order valence-electron chi connectivity index (χ2n) is 9.20. The van der Waals surface area contributed by atoms with Crippen molar-refractivity contribution in [2.45, 2.75) is 65.7 Å². The Bertz CT molecular complexity index is 1270. The number of nitrogens with zero attached hydrogens (tertiary/aromatic N) is 5. The van der Waals surface area contributed by atoms with Crippen LogP contribution in [0.3, 0.4) is 0 Å². The second-order valence-corrected chi connectivity index (χ2v) is 9.20. The van der Waals surface area contributed by atoms with Crippen molar-refractivity contribution in [1.29, 1.82) is 0 Å². The zero-order valence-electron chi connectivity index (χ0n) is 19.9. The van der Waals surface area contributed by atoms with Gasteiger partial charge in [-0.1, -0.05) is 50.2 Å². The topological polar surface area (TPSA) is 79.7 Å². The molecule has 0 bridgehead atoms. The van der Waals surface area contributed by atoms with E-state index in [0.717, 1.165) is 35.1 Å². The fourth-order valence-electron chi connectivity index (χ4n) is 4.01. The molecule has 7 nitrogen and oxygen atoms in total. The third-order valence-corrected chi connectivity index (χ3v) is 6.37. The van der Waals surface area contributed by atoms with Gasteiger partial charge in [0.05, 0.1) is 12.1 Å². The molecule has 2 aromatic carbocycles. The Morgan fingerprint density at radius 3 is 2.48 bits per heavy atom. The number of tetrazole rings is 1. The first kappa shape index (κ1) is 22.9. The van der Waals surface area contributed by atoms with Crippen LogP contribution in [0.5, 0.6) is 0 Å². The van der Waals surface area contributed by atoms with E-state index in [1.165, 1.54) is 11.1 Å². The summed E-state index contributed by atoms with van der Waals surface area (Å²) in [6.07, 6.45) is 1.87. The number of fused-ring (bicyclic) bond motifs is 1. The van der Waals surface area contributed by atoms with Gasteiger partial charge in [0.15, 0.2) is 5.82 Å². The van der Waals surface area contributed by atoms with Crippen molar-refractivity contribution in [2.24, 2.45) is 0 Å². The molecule has 2 aromatic heterocycles. The highest BCUT2D eigenvalue weighted by atomic mass is 16.1. The lowest BCUT2D eigenvalue weighted by Crippen LogP contribution is -2.32. The molecule has 4 rings (SSSR count). The third-order valence-electron chi connectivity index (χ3n) is 6.37. The summed E-state index contributed by atoms with van der Waals surface area (Å²) in [6, 6.07) is 18.5. The number of H-pyrrole nitrogens is 1. The average Bonchev–Trinajstić information content (AvgIpc) is 3.29. The Hall–Kier alpha value is -3.32. The minimum absolute atomic E-state index is 0.0571. The zero-order chi connectivity index (χ0) is 23.4. The highest BCUT2D eigenvalue weighted by Gasteiger charge is 2.24. The maximum atomic E-state index is 12.9. The van der Waals surface area contributed by atoms with Crippen LogP contribution in [-0.2, 0) is 31.6 Å². The quantitative estimate of drug-likeness (QED) is 0.413. The number of aromatic amines is 1. The predicted molar refractivity (Wildman–Crippen MR) is 131 cm³/mol. The van der Waals surface area contributed by atoms with Gasteiger partial charge in [0.1, 0.15) is 0 Å². The Morgan fingerprint density at radius 2 is 1.76 bits per heavy atom. The van der Waals surface area contributed by atoms with Crippen molar-refractivity contribution >= 4 is 10.9 Å². The molecule has 33 heavy (non-hydrogen) atoms. The summed E-state index contributed by atoms with van der Waals surface area (Å²) < 4.78 is 1.91. The number of rotatable bonds is 9. The minimum Gasteiger partial charge on any atom is -0.322 e. The molecule has 0 aliphatic carbocycles. The van der Waals surface area contributed by atoms with Crippen LogP contribution in [-0.4, -0.2) is 30.1 Å². The number of hydrogen-bond donors (Lipinski definition) is 1. The van der Waals surface area contributed by atoms with Gasteiger partial charge in [-0.3, -0.25) is 9.69 Å². The predicted octanol–water partition coefficient (Wildman–Crippen LogP) is 4.42. The Morgan fingerprint density at radius 1 is 0.970 bits per heavy atom. The standard InChI is InChI=1S/C26H32N6O/c1-5-19-12-13-23-21(14-19)15-22(25(33)27-23)17-31(16-20-10-8-7-9-11-20)18-24-28-29-30-32(24)26(3,4)6-2/h7-15H,5-6,16-18H2,1-4H3,(H,27,33). The van der Waals surface area contributed by atoms with E-state index in [4.69, 9.17) is 0 Å². The molecule has 7 heteroatoms. The molecule has 1 N–H and O–H groups in total. The molecule has 0 radical (unpaired) electrons. The second kappa shape index (κ2) is 9.67. The molecule has 172 valence electrons. The van der Waals surface area contributed by atoms with Crippen molar-refractivity contribution in [2.75, 3.05) is 0 Å². The van der Waals surface area contributed by atoms with Crippen LogP contribution >= 0.6 is 0 Å². The van der Waals surface area contributed by atoms with Crippen LogP contribution in [0.4, 0.5) is 0 Å². The summed E-state index contributed by atoms with van der Waals surface area (Å²) in [5.41, 5.74) is 3.79. The molecular formula is C26H32N6O. The number of nitrogens with one attached hydrogen (secondary N) is 1. The molecule has 2 heterocycles. The Kier molecular flexibility index (Phi) is 6.70. The van der Waals surface area contributed by atoms with E-state index in [1.807, 2.05) is 35.0 Å². The molecule has 0 saturated heterocycles. The molecule has 0 atom stereocenters. The van der Waals surface area contributed by atoms with E-state index < -0.39 is 0 Å². The SMILES string of the molecule is CCc1ccc2[nH]c(=O)c(CN(Cc3ccccc3)Cc3nnnn3C(C)(C)CC)cc2c1. The van der Waals surface area contributed by atoms with Crippen LogP contribution in [0.15, 0.2) is 59.4 Å². The number of benzene rings is 2. The number of aromatic nitrogens is 5. The summed E-state index contributed by atoms with van der Waals surface area (Å²) in [5.74, 6) is 0.795. The first-order valence-corrected chi connectivity index (χ1v) is 11.6. The van der Waals surface area contributed by atoms with Gasteiger partial charge in [0, 0.05) is 24.2 Å². The van der Waals surface area contributed by atoms with Gasteiger partial charge in [-0.15, -0.1) is 5.10 Å². The van der Waals surface area contributed by atoms with E-state index in [1.54, 1.807) is 0 Å². The average molecular weight is 445 g/mol. The molecule has 0 aliphatic rings. The first-order valence-electron chi connectivity index (χ1n) is 11.6. The molecular weight excluding hydrogens is 412 g/mol. The summed E-state index contributed by atoms with van der Waals surface area (Å²) in [5, 5.41) is 13.6. The van der Waals surface area contributed by atoms with Crippen LogP contribution in [0.25, 0.3) is 10.9 Å². The molecule has 0 saturated carbocycles. The maximum absolute atomic E-state index is 12.9. The highest BCUT2D eigenvalue weighted by molar-refractivity contribution is 5.79. The van der Waals surface area contributed by atoms with Gasteiger partial charge in [0.2, 0.25) is 0 Å². The third kappa shape index (κ3) is 5.20.